The molecule has 1 saturated heterocycles. The fourth-order valence-electron chi connectivity index (χ4n) is 4.20. The Hall–Kier alpha value is -3.55. The number of fused-ring (bicyclic) bond motifs is 1. The lowest BCUT2D eigenvalue weighted by Gasteiger charge is -2.36. The van der Waals surface area contributed by atoms with Gasteiger partial charge in [-0.05, 0) is 37.6 Å². The van der Waals surface area contributed by atoms with Gasteiger partial charge in [0.25, 0.3) is 5.56 Å². The first-order chi connectivity index (χ1) is 15.6. The van der Waals surface area contributed by atoms with Crippen LogP contribution >= 0.6 is 0 Å². The van der Waals surface area contributed by atoms with E-state index in [1.54, 1.807) is 24.3 Å². The lowest BCUT2D eigenvalue weighted by atomic mass is 10.2. The number of para-hydroxylation sites is 3. The molecule has 0 radical (unpaired) electrons. The zero-order valence-corrected chi connectivity index (χ0v) is 18.3. The molecule has 8 heteroatoms. The number of carbonyl (C=O) groups excluding carboxylic acids is 1. The highest BCUT2D eigenvalue weighted by molar-refractivity contribution is 5.78. The van der Waals surface area contributed by atoms with Crippen LogP contribution in [0.3, 0.4) is 0 Å². The average Bonchev–Trinajstić information content (AvgIpc) is 2.82. The molecule has 3 aromatic rings. The molecule has 8 nitrogen and oxygen atoms in total. The van der Waals surface area contributed by atoms with E-state index in [1.807, 2.05) is 30.0 Å². The fraction of sp³-hybridized carbons (Fsp3) is 0.375. The molecule has 168 valence electrons. The number of nitrogens with one attached hydrogen (secondary N) is 1. The summed E-state index contributed by atoms with van der Waals surface area (Å²) in [4.78, 5) is 43.5. The predicted molar refractivity (Wildman–Crippen MR) is 124 cm³/mol. The third-order valence-electron chi connectivity index (χ3n) is 5.82. The third-order valence-corrected chi connectivity index (χ3v) is 5.82. The maximum absolute atomic E-state index is 12.7. The fourth-order valence-corrected chi connectivity index (χ4v) is 4.20. The lowest BCUT2D eigenvalue weighted by molar-refractivity contribution is -0.131. The van der Waals surface area contributed by atoms with Crippen LogP contribution in [-0.4, -0.2) is 53.1 Å². The number of benzene rings is 2. The molecule has 0 spiro atoms. The molecule has 1 amide bonds. The first-order valence-corrected chi connectivity index (χ1v) is 11.0. The van der Waals surface area contributed by atoms with E-state index in [0.717, 1.165) is 24.5 Å². The smallest absolute Gasteiger partial charge is 0.328 e. The normalized spacial score (nSPS) is 14.0. The van der Waals surface area contributed by atoms with Crippen LogP contribution in [0, 0.1) is 0 Å². The summed E-state index contributed by atoms with van der Waals surface area (Å²) in [7, 11) is 0. The Morgan fingerprint density at radius 2 is 1.72 bits per heavy atom. The van der Waals surface area contributed by atoms with Crippen LogP contribution < -0.4 is 20.9 Å². The van der Waals surface area contributed by atoms with Gasteiger partial charge in [0.15, 0.2) is 0 Å². The van der Waals surface area contributed by atoms with Crippen molar-refractivity contribution in [3.05, 3.63) is 69.4 Å². The molecular formula is C24H28N4O4. The second kappa shape index (κ2) is 9.72. The number of amides is 1. The van der Waals surface area contributed by atoms with Crippen molar-refractivity contribution in [3.63, 3.8) is 0 Å². The highest BCUT2D eigenvalue weighted by Gasteiger charge is 2.22. The summed E-state index contributed by atoms with van der Waals surface area (Å²) in [5, 5.41) is 0.474. The molecule has 32 heavy (non-hydrogen) atoms. The first-order valence-electron chi connectivity index (χ1n) is 11.0. The Balaban J connectivity index is 1.34. The second-order valence-corrected chi connectivity index (χ2v) is 7.80. The number of ether oxygens (including phenoxy) is 1. The van der Waals surface area contributed by atoms with Crippen molar-refractivity contribution in [2.75, 3.05) is 37.7 Å². The number of aromatic nitrogens is 2. The molecule has 0 atom stereocenters. The summed E-state index contributed by atoms with van der Waals surface area (Å²) in [6.07, 6.45) is 0.886. The Labute approximate surface area is 186 Å². The average molecular weight is 437 g/mol. The summed E-state index contributed by atoms with van der Waals surface area (Å²) >= 11 is 0. The number of anilines is 1. The Kier molecular flexibility index (Phi) is 6.58. The molecule has 1 N–H and O–H groups in total. The van der Waals surface area contributed by atoms with E-state index in [0.29, 0.717) is 50.0 Å². The molecule has 2 aromatic carbocycles. The molecule has 0 bridgehead atoms. The summed E-state index contributed by atoms with van der Waals surface area (Å²) in [6.45, 7) is 5.77. The Morgan fingerprint density at radius 1 is 1.00 bits per heavy atom. The molecule has 0 unspecified atom stereocenters. The van der Waals surface area contributed by atoms with Crippen LogP contribution in [0.15, 0.2) is 58.1 Å². The predicted octanol–water partition coefficient (Wildman–Crippen LogP) is 2.22. The minimum absolute atomic E-state index is 0.0875. The molecule has 1 aromatic heterocycles. The van der Waals surface area contributed by atoms with Gasteiger partial charge in [-0.3, -0.25) is 19.1 Å². The minimum atomic E-state index is -0.442. The van der Waals surface area contributed by atoms with Gasteiger partial charge in [0.05, 0.1) is 23.2 Å². The molecular weight excluding hydrogens is 408 g/mol. The van der Waals surface area contributed by atoms with Crippen LogP contribution in [0.25, 0.3) is 10.9 Å². The zero-order chi connectivity index (χ0) is 22.5. The van der Waals surface area contributed by atoms with Crippen molar-refractivity contribution in [1.82, 2.24) is 14.5 Å². The van der Waals surface area contributed by atoms with E-state index in [-0.39, 0.29) is 11.5 Å². The monoisotopic (exact) mass is 436 g/mol. The molecule has 0 saturated carbocycles. The van der Waals surface area contributed by atoms with Crippen molar-refractivity contribution in [2.24, 2.45) is 0 Å². The molecule has 4 rings (SSSR count). The molecule has 1 aliphatic heterocycles. The number of nitrogens with zero attached hydrogens (tertiary/aromatic N) is 3. The maximum atomic E-state index is 12.7. The van der Waals surface area contributed by atoms with Gasteiger partial charge in [-0.25, -0.2) is 4.79 Å². The van der Waals surface area contributed by atoms with E-state index in [2.05, 4.69) is 16.0 Å². The quantitative estimate of drug-likeness (QED) is 0.614. The Bertz CT molecular complexity index is 1210. The van der Waals surface area contributed by atoms with Gasteiger partial charge >= 0.3 is 5.69 Å². The number of aromatic amines is 1. The largest absolute Gasteiger partial charge is 0.492 e. The van der Waals surface area contributed by atoms with E-state index in [9.17, 15) is 14.4 Å². The van der Waals surface area contributed by atoms with Crippen LogP contribution in [0.4, 0.5) is 5.69 Å². The number of piperazine rings is 1. The number of rotatable bonds is 7. The molecule has 2 heterocycles. The topological polar surface area (TPSA) is 87.6 Å². The van der Waals surface area contributed by atoms with Gasteiger partial charge in [-0.2, -0.15) is 0 Å². The first kappa shape index (κ1) is 21.7. The SMILES string of the molecule is CCOc1ccccc1N1CCN(C(=O)CCCn2c(=O)[nH]c(=O)c3ccccc32)CC1. The molecule has 0 aliphatic carbocycles. The number of H-pyrrole nitrogens is 1. The summed E-state index contributed by atoms with van der Waals surface area (Å²) in [5.41, 5.74) is 0.825. The molecule has 1 aliphatic rings. The van der Waals surface area contributed by atoms with Crippen LogP contribution in [0.5, 0.6) is 5.75 Å². The maximum Gasteiger partial charge on any atom is 0.328 e. The van der Waals surface area contributed by atoms with Crippen molar-refractivity contribution >= 4 is 22.5 Å². The number of aryl methyl sites for hydroxylation is 1. The van der Waals surface area contributed by atoms with Gasteiger partial charge in [-0.15, -0.1) is 0 Å². The van der Waals surface area contributed by atoms with E-state index < -0.39 is 5.69 Å². The Morgan fingerprint density at radius 3 is 2.50 bits per heavy atom. The number of hydrogen-bond donors (Lipinski definition) is 1. The van der Waals surface area contributed by atoms with E-state index in [1.165, 1.54) is 4.57 Å². The number of carbonyl (C=O) groups is 1. The van der Waals surface area contributed by atoms with Gasteiger partial charge in [0.1, 0.15) is 5.75 Å². The highest BCUT2D eigenvalue weighted by Crippen LogP contribution is 2.28. The van der Waals surface area contributed by atoms with Crippen molar-refractivity contribution in [1.29, 1.82) is 0 Å². The van der Waals surface area contributed by atoms with E-state index in [4.69, 9.17) is 4.74 Å². The van der Waals surface area contributed by atoms with Crippen molar-refractivity contribution in [3.8, 4) is 5.75 Å². The van der Waals surface area contributed by atoms with Crippen LogP contribution in [-0.2, 0) is 11.3 Å². The van der Waals surface area contributed by atoms with Crippen LogP contribution in [0.1, 0.15) is 19.8 Å². The second-order valence-electron chi connectivity index (χ2n) is 7.80. The van der Waals surface area contributed by atoms with Crippen molar-refractivity contribution < 1.29 is 9.53 Å². The minimum Gasteiger partial charge on any atom is -0.492 e. The summed E-state index contributed by atoms with van der Waals surface area (Å²) < 4.78 is 7.27. The van der Waals surface area contributed by atoms with Crippen LogP contribution in [0.2, 0.25) is 0 Å². The van der Waals surface area contributed by atoms with E-state index >= 15 is 0 Å². The van der Waals surface area contributed by atoms with Gasteiger partial charge in [0.2, 0.25) is 5.91 Å². The van der Waals surface area contributed by atoms with Gasteiger partial charge in [-0.1, -0.05) is 24.3 Å². The zero-order valence-electron chi connectivity index (χ0n) is 18.3. The van der Waals surface area contributed by atoms with Gasteiger partial charge < -0.3 is 14.5 Å². The summed E-state index contributed by atoms with van der Waals surface area (Å²) in [5.74, 6) is 0.956. The molecule has 1 fully saturated rings. The standard InChI is InChI=1S/C24H28N4O4/c1-2-32-21-11-6-5-10-20(21)26-14-16-27(17-15-26)22(29)12-7-13-28-19-9-4-3-8-18(19)23(30)25-24(28)31/h3-6,8-11H,2,7,12-17H2,1H3,(H,25,30,31). The highest BCUT2D eigenvalue weighted by atomic mass is 16.5. The van der Waals surface area contributed by atoms with Crippen molar-refractivity contribution in [2.45, 2.75) is 26.3 Å². The lowest BCUT2D eigenvalue weighted by Crippen LogP contribution is -2.48. The van der Waals surface area contributed by atoms with Gasteiger partial charge in [0, 0.05) is 39.1 Å². The number of hydrogen-bond acceptors (Lipinski definition) is 5. The summed E-state index contributed by atoms with van der Waals surface area (Å²) in [6, 6.07) is 15.0. The third kappa shape index (κ3) is 4.54.